The Balaban J connectivity index is 1.20. The summed E-state index contributed by atoms with van der Waals surface area (Å²) in [5, 5.41) is 1.71. The average Bonchev–Trinajstić information content (AvgIpc) is 2.94. The number of aryl methyl sites for hydroxylation is 1. The van der Waals surface area contributed by atoms with E-state index in [1.54, 1.807) is 24.2 Å². The Morgan fingerprint density at radius 1 is 0.811 bits per heavy atom. The minimum absolute atomic E-state index is 0.0214. The van der Waals surface area contributed by atoms with Crippen LogP contribution in [-0.2, 0) is 6.42 Å². The zero-order valence-corrected chi connectivity index (χ0v) is 24.4. The summed E-state index contributed by atoms with van der Waals surface area (Å²) in [4.78, 5) is 0. The summed E-state index contributed by atoms with van der Waals surface area (Å²) in [6.07, 6.45) is 16.6. The van der Waals surface area contributed by atoms with Crippen LogP contribution in [0.3, 0.4) is 0 Å². The standard InChI is InChI=1S/C33H48F2OSi/c1-3-5-13-30-24-28(22-23-37(30)29-14-7-6-8-15-29)26-18-16-25(17-19-26)11-9-10-12-27-20-21-31(36-4-2)33(35)32(27)34/h6-8,14-15,20-21,25-26,28,30,37H,3-5,9-13,16-19,22-24H2,1-2H3/t25?,26?,28?,30-,37+/m1/s1. The maximum absolute atomic E-state index is 14.4. The first-order valence-electron chi connectivity index (χ1n) is 15.2. The molecule has 1 heterocycles. The summed E-state index contributed by atoms with van der Waals surface area (Å²) in [6.45, 7) is 4.46. The van der Waals surface area contributed by atoms with Gasteiger partial charge in [0.05, 0.1) is 15.4 Å². The second kappa shape index (κ2) is 14.5. The van der Waals surface area contributed by atoms with Gasteiger partial charge in [-0.2, -0.15) is 4.39 Å². The van der Waals surface area contributed by atoms with Crippen molar-refractivity contribution in [1.82, 2.24) is 0 Å². The number of hydrogen-bond donors (Lipinski definition) is 0. The molecule has 2 aromatic rings. The summed E-state index contributed by atoms with van der Waals surface area (Å²) < 4.78 is 33.7. The van der Waals surface area contributed by atoms with Crippen molar-refractivity contribution in [3.8, 4) is 5.75 Å². The highest BCUT2D eigenvalue weighted by Crippen LogP contribution is 2.45. The highest BCUT2D eigenvalue weighted by atomic mass is 28.3. The zero-order chi connectivity index (χ0) is 26.0. The molecule has 0 aromatic heterocycles. The molecule has 0 bridgehead atoms. The van der Waals surface area contributed by atoms with Crippen molar-refractivity contribution in [2.24, 2.45) is 17.8 Å². The molecule has 4 rings (SSSR count). The number of unbranched alkanes of at least 4 members (excludes halogenated alkanes) is 2. The van der Waals surface area contributed by atoms with E-state index in [0.29, 0.717) is 18.6 Å². The second-order valence-electron chi connectivity index (χ2n) is 11.8. The molecule has 0 N–H and O–H groups in total. The minimum Gasteiger partial charge on any atom is -0.491 e. The zero-order valence-electron chi connectivity index (χ0n) is 23.2. The lowest BCUT2D eigenvalue weighted by molar-refractivity contribution is 0.176. The van der Waals surface area contributed by atoms with Gasteiger partial charge in [-0.25, -0.2) is 4.39 Å². The smallest absolute Gasteiger partial charge is 0.200 e. The van der Waals surface area contributed by atoms with E-state index in [0.717, 1.165) is 36.1 Å². The van der Waals surface area contributed by atoms with Crippen molar-refractivity contribution < 1.29 is 13.5 Å². The van der Waals surface area contributed by atoms with Crippen LogP contribution in [0.25, 0.3) is 0 Å². The molecule has 3 atom stereocenters. The molecule has 204 valence electrons. The van der Waals surface area contributed by atoms with Crippen molar-refractivity contribution in [2.75, 3.05) is 6.61 Å². The molecule has 1 aliphatic heterocycles. The van der Waals surface area contributed by atoms with Crippen LogP contribution in [0.1, 0.15) is 96.5 Å². The third-order valence-corrected chi connectivity index (χ3v) is 13.4. The van der Waals surface area contributed by atoms with E-state index in [4.69, 9.17) is 4.74 Å². The monoisotopic (exact) mass is 526 g/mol. The van der Waals surface area contributed by atoms with Crippen molar-refractivity contribution in [2.45, 2.75) is 109 Å². The van der Waals surface area contributed by atoms with E-state index in [-0.39, 0.29) is 5.75 Å². The van der Waals surface area contributed by atoms with E-state index >= 15 is 0 Å². The molecule has 0 radical (unpaired) electrons. The van der Waals surface area contributed by atoms with Crippen LogP contribution in [0.15, 0.2) is 42.5 Å². The van der Waals surface area contributed by atoms with Gasteiger partial charge in [0.15, 0.2) is 11.6 Å². The number of hydrogen-bond acceptors (Lipinski definition) is 1. The Bertz CT molecular complexity index is 941. The topological polar surface area (TPSA) is 9.23 Å². The summed E-state index contributed by atoms with van der Waals surface area (Å²) in [6, 6.07) is 16.3. The van der Waals surface area contributed by atoms with E-state index < -0.39 is 20.4 Å². The van der Waals surface area contributed by atoms with Gasteiger partial charge in [-0.15, -0.1) is 0 Å². The maximum atomic E-state index is 14.4. The Morgan fingerprint density at radius 3 is 2.32 bits per heavy atom. The fourth-order valence-corrected chi connectivity index (χ4v) is 11.6. The molecule has 2 aromatic carbocycles. The van der Waals surface area contributed by atoms with Gasteiger partial charge in [0.25, 0.3) is 0 Å². The first-order chi connectivity index (χ1) is 18.1. The summed E-state index contributed by atoms with van der Waals surface area (Å²) >= 11 is 0. The molecule has 0 amide bonds. The van der Waals surface area contributed by atoms with Gasteiger partial charge in [-0.3, -0.25) is 0 Å². The first-order valence-corrected chi connectivity index (χ1v) is 17.3. The van der Waals surface area contributed by atoms with E-state index in [1.165, 1.54) is 70.3 Å². The van der Waals surface area contributed by atoms with Crippen molar-refractivity contribution in [3.63, 3.8) is 0 Å². The largest absolute Gasteiger partial charge is 0.491 e. The van der Waals surface area contributed by atoms with Gasteiger partial charge in [0.2, 0.25) is 5.82 Å². The molecule has 1 unspecified atom stereocenters. The minimum atomic E-state index is -0.852. The molecule has 1 aliphatic carbocycles. The molecule has 1 saturated heterocycles. The van der Waals surface area contributed by atoms with Crippen LogP contribution in [-0.4, -0.2) is 15.4 Å². The third-order valence-electron chi connectivity index (χ3n) is 9.47. The van der Waals surface area contributed by atoms with Crippen molar-refractivity contribution in [3.05, 3.63) is 59.7 Å². The van der Waals surface area contributed by atoms with Gasteiger partial charge in [-0.05, 0) is 74.0 Å². The fraction of sp³-hybridized carbons (Fsp3) is 0.636. The van der Waals surface area contributed by atoms with E-state index in [9.17, 15) is 8.78 Å². The highest BCUT2D eigenvalue weighted by Gasteiger charge is 2.36. The number of ether oxygens (including phenoxy) is 1. The summed E-state index contributed by atoms with van der Waals surface area (Å²) in [5.41, 5.74) is 1.48. The molecular formula is C33H48F2OSi. The van der Waals surface area contributed by atoms with Crippen LogP contribution in [0.4, 0.5) is 8.78 Å². The van der Waals surface area contributed by atoms with Crippen LogP contribution in [0.5, 0.6) is 5.75 Å². The van der Waals surface area contributed by atoms with E-state index in [1.807, 2.05) is 0 Å². The number of halogens is 2. The van der Waals surface area contributed by atoms with Gasteiger partial charge in [-0.1, -0.05) is 106 Å². The molecule has 0 spiro atoms. The quantitative estimate of drug-likeness (QED) is 0.198. The highest BCUT2D eigenvalue weighted by molar-refractivity contribution is 6.74. The Kier molecular flexibility index (Phi) is 11.1. The first kappa shape index (κ1) is 28.3. The van der Waals surface area contributed by atoms with Crippen LogP contribution in [0.2, 0.25) is 11.6 Å². The summed E-state index contributed by atoms with van der Waals surface area (Å²) in [5.74, 6) is 1.17. The molecule has 1 nitrogen and oxygen atoms in total. The van der Waals surface area contributed by atoms with Crippen molar-refractivity contribution in [1.29, 1.82) is 0 Å². The van der Waals surface area contributed by atoms with Gasteiger partial charge in [0.1, 0.15) is 0 Å². The SMILES string of the molecule is CCCC[C@@H]1CC(C2CCC(CCCCc3ccc(OCC)c(F)c3F)CC2)CC[Si@H]1c1ccccc1. The average molecular weight is 527 g/mol. The maximum Gasteiger partial charge on any atom is 0.200 e. The van der Waals surface area contributed by atoms with Crippen LogP contribution < -0.4 is 9.92 Å². The predicted octanol–water partition coefficient (Wildman–Crippen LogP) is 8.99. The lowest BCUT2D eigenvalue weighted by Gasteiger charge is -2.41. The summed E-state index contributed by atoms with van der Waals surface area (Å²) in [7, 11) is -0.852. The Labute approximate surface area is 226 Å². The fourth-order valence-electron chi connectivity index (χ4n) is 7.38. The van der Waals surface area contributed by atoms with Crippen LogP contribution in [0, 0.1) is 29.4 Å². The van der Waals surface area contributed by atoms with Gasteiger partial charge >= 0.3 is 0 Å². The van der Waals surface area contributed by atoms with Gasteiger partial charge < -0.3 is 4.74 Å². The molecular weight excluding hydrogens is 478 g/mol. The van der Waals surface area contributed by atoms with Crippen molar-refractivity contribution >= 4 is 14.0 Å². The number of rotatable bonds is 12. The molecule has 4 heteroatoms. The molecule has 2 aliphatic rings. The van der Waals surface area contributed by atoms with E-state index in [2.05, 4.69) is 37.3 Å². The molecule has 2 fully saturated rings. The lowest BCUT2D eigenvalue weighted by Crippen LogP contribution is -2.41. The van der Waals surface area contributed by atoms with Crippen LogP contribution >= 0.6 is 0 Å². The Hall–Kier alpha value is -1.68. The molecule has 1 saturated carbocycles. The second-order valence-corrected chi connectivity index (χ2v) is 15.2. The molecule has 37 heavy (non-hydrogen) atoms. The predicted molar refractivity (Wildman–Crippen MR) is 155 cm³/mol. The Morgan fingerprint density at radius 2 is 1.59 bits per heavy atom. The van der Waals surface area contributed by atoms with Gasteiger partial charge in [0, 0.05) is 0 Å². The number of benzene rings is 2. The third kappa shape index (κ3) is 7.68. The normalized spacial score (nSPS) is 26.2. The lowest BCUT2D eigenvalue weighted by atomic mass is 9.72.